The molecule has 1 rings (SSSR count). The van der Waals surface area contributed by atoms with Crippen LogP contribution in [0.4, 0.5) is 0 Å². The van der Waals surface area contributed by atoms with Crippen molar-refractivity contribution in [2.45, 2.75) is 0 Å². The van der Waals surface area contributed by atoms with Crippen LogP contribution in [0.25, 0.3) is 0 Å². The molecule has 0 unspecified atom stereocenters. The number of rotatable bonds is 0. The second-order valence-electron chi connectivity index (χ2n) is 1.38. The van der Waals surface area contributed by atoms with Gasteiger partial charge in [-0.25, -0.2) is 0 Å². The maximum atomic E-state index is 8.73. The molecular weight excluding hydrogens is 319 g/mol. The van der Waals surface area contributed by atoms with Gasteiger partial charge in [0, 0.05) is 6.20 Å². The molecule has 0 radical (unpaired) electrons. The van der Waals surface area contributed by atoms with Gasteiger partial charge in [-0.05, 0) is 12.1 Å². The van der Waals surface area contributed by atoms with E-state index < -0.39 is 0 Å². The zero-order valence-corrected chi connectivity index (χ0v) is 7.40. The molecule has 0 spiro atoms. The van der Waals surface area contributed by atoms with E-state index in [1.54, 1.807) is 18.2 Å². The fraction of sp³-hybridized carbons (Fsp3) is 0. The van der Waals surface area contributed by atoms with E-state index in [0.29, 0.717) is 4.64 Å². The molecule has 0 amide bonds. The van der Waals surface area contributed by atoms with Crippen LogP contribution in [0.5, 0.6) is 0 Å². The summed E-state index contributed by atoms with van der Waals surface area (Å²) < 4.78 is 1.32. The molecule has 0 atom stereocenters. The number of hydrogen-bond donors (Lipinski definition) is 1. The Hall–Kier alpha value is -0.0897. The van der Waals surface area contributed by atoms with E-state index >= 15 is 0 Å². The molecule has 0 aliphatic rings. The summed E-state index contributed by atoms with van der Waals surface area (Å²) in [5.41, 5.74) is 0. The van der Waals surface area contributed by atoms with Gasteiger partial charge in [0.25, 0.3) is 0 Å². The Kier molecular flexibility index (Phi) is 3.81. The third-order valence-corrected chi connectivity index (χ3v) is 1.13. The van der Waals surface area contributed by atoms with Crippen molar-refractivity contribution >= 4 is 12.2 Å². The smallest absolute Gasteiger partial charge is 0.428 e. The van der Waals surface area contributed by atoms with E-state index in [1.165, 1.54) is 6.20 Å². The van der Waals surface area contributed by atoms with Gasteiger partial charge in [-0.2, -0.15) is 4.73 Å². The standard InChI is InChI=1S/C5H5NOS.Au/c7-6-4-2-1-3-5(6)8;/h1-4,7H;/q;+1. The summed E-state index contributed by atoms with van der Waals surface area (Å²) >= 11 is 4.67. The Balaban J connectivity index is 0.000000640. The largest absolute Gasteiger partial charge is 1.00 e. The Labute approximate surface area is 73.6 Å². The minimum Gasteiger partial charge on any atom is -0.428 e. The van der Waals surface area contributed by atoms with Crippen LogP contribution >= 0.6 is 12.2 Å². The maximum Gasteiger partial charge on any atom is 1.00 e. The number of hydrogen-bond acceptors (Lipinski definition) is 2. The molecule has 1 N–H and O–H groups in total. The van der Waals surface area contributed by atoms with Crippen molar-refractivity contribution in [1.82, 2.24) is 4.73 Å². The van der Waals surface area contributed by atoms with Gasteiger partial charge < -0.3 is 5.21 Å². The first-order valence-electron chi connectivity index (χ1n) is 2.17. The van der Waals surface area contributed by atoms with Crippen LogP contribution in [0.2, 0.25) is 0 Å². The molecule has 0 bridgehead atoms. The molecule has 0 fully saturated rings. The molecule has 4 heteroatoms. The normalized spacial score (nSPS) is 8.00. The molecule has 1 aromatic heterocycles. The molecule has 0 aromatic carbocycles. The predicted molar refractivity (Wildman–Crippen MR) is 32.5 cm³/mol. The minimum atomic E-state index is 0. The van der Waals surface area contributed by atoms with E-state index in [4.69, 9.17) is 5.21 Å². The molecule has 52 valence electrons. The fourth-order valence-corrected chi connectivity index (χ4v) is 0.558. The molecule has 0 saturated heterocycles. The predicted octanol–water partition coefficient (Wildman–Crippen LogP) is 1.45. The Morgan fingerprint density at radius 3 is 2.44 bits per heavy atom. The monoisotopic (exact) mass is 324 g/mol. The average molecular weight is 324 g/mol. The summed E-state index contributed by atoms with van der Waals surface area (Å²) in [4.78, 5) is 0. The maximum absolute atomic E-state index is 8.73. The van der Waals surface area contributed by atoms with E-state index in [-0.39, 0.29) is 22.4 Å². The molecule has 1 aromatic rings. The quantitative estimate of drug-likeness (QED) is 0.444. The van der Waals surface area contributed by atoms with E-state index in [2.05, 4.69) is 12.2 Å². The van der Waals surface area contributed by atoms with Gasteiger partial charge in [-0.3, -0.25) is 0 Å². The third kappa shape index (κ3) is 2.32. The van der Waals surface area contributed by atoms with Crippen molar-refractivity contribution in [1.29, 1.82) is 0 Å². The first kappa shape index (κ1) is 8.91. The first-order chi connectivity index (χ1) is 3.80. The summed E-state index contributed by atoms with van der Waals surface area (Å²) in [5, 5.41) is 8.73. The Bertz CT molecular complexity index is 234. The van der Waals surface area contributed by atoms with E-state index in [1.807, 2.05) is 0 Å². The summed E-state index contributed by atoms with van der Waals surface area (Å²) in [5.74, 6) is 0. The number of aromatic nitrogens is 1. The topological polar surface area (TPSA) is 25.2 Å². The van der Waals surface area contributed by atoms with Gasteiger partial charge in [0.1, 0.15) is 4.64 Å². The van der Waals surface area contributed by atoms with Crippen LogP contribution in [0.1, 0.15) is 0 Å². The molecular formula is C5H5AuNOS+. The molecule has 0 aliphatic heterocycles. The SMILES string of the molecule is On1ccccc1=S.[Au+]. The van der Waals surface area contributed by atoms with Crippen molar-refractivity contribution in [3.05, 3.63) is 29.0 Å². The van der Waals surface area contributed by atoms with Gasteiger partial charge in [-0.15, -0.1) is 0 Å². The number of pyridine rings is 1. The van der Waals surface area contributed by atoms with Crippen LogP contribution < -0.4 is 0 Å². The first-order valence-corrected chi connectivity index (χ1v) is 2.58. The van der Waals surface area contributed by atoms with Crippen molar-refractivity contribution in [3.8, 4) is 0 Å². The molecule has 2 nitrogen and oxygen atoms in total. The van der Waals surface area contributed by atoms with Crippen LogP contribution in [-0.2, 0) is 22.4 Å². The van der Waals surface area contributed by atoms with Crippen LogP contribution in [0.3, 0.4) is 0 Å². The van der Waals surface area contributed by atoms with Crippen LogP contribution in [-0.4, -0.2) is 9.94 Å². The van der Waals surface area contributed by atoms with Gasteiger partial charge in [0.15, 0.2) is 0 Å². The van der Waals surface area contributed by atoms with E-state index in [0.717, 1.165) is 4.73 Å². The average Bonchev–Trinajstić information content (AvgIpc) is 1.77. The van der Waals surface area contributed by atoms with Gasteiger partial charge in [0.2, 0.25) is 0 Å². The van der Waals surface area contributed by atoms with Crippen LogP contribution in [0, 0.1) is 4.64 Å². The fourth-order valence-electron chi connectivity index (χ4n) is 0.419. The Morgan fingerprint density at radius 1 is 1.44 bits per heavy atom. The molecule has 0 saturated carbocycles. The molecule has 1 heterocycles. The van der Waals surface area contributed by atoms with Crippen LogP contribution in [0.15, 0.2) is 24.4 Å². The summed E-state index contributed by atoms with van der Waals surface area (Å²) in [7, 11) is 0. The third-order valence-electron chi connectivity index (χ3n) is 0.803. The van der Waals surface area contributed by atoms with Gasteiger partial charge in [-0.1, -0.05) is 18.3 Å². The van der Waals surface area contributed by atoms with Crippen molar-refractivity contribution < 1.29 is 27.6 Å². The zero-order valence-electron chi connectivity index (χ0n) is 4.41. The summed E-state index contributed by atoms with van der Waals surface area (Å²) in [6.07, 6.45) is 1.49. The molecule has 9 heavy (non-hydrogen) atoms. The Morgan fingerprint density at radius 2 is 2.11 bits per heavy atom. The summed E-state index contributed by atoms with van der Waals surface area (Å²) in [6.45, 7) is 0. The zero-order chi connectivity index (χ0) is 5.98. The van der Waals surface area contributed by atoms with E-state index in [9.17, 15) is 0 Å². The van der Waals surface area contributed by atoms with Crippen molar-refractivity contribution in [2.75, 3.05) is 0 Å². The minimum absolute atomic E-state index is 0. The number of nitrogens with zero attached hydrogens (tertiary/aromatic N) is 1. The van der Waals surface area contributed by atoms with Gasteiger partial charge in [0.05, 0.1) is 0 Å². The second-order valence-corrected chi connectivity index (χ2v) is 1.80. The molecule has 0 aliphatic carbocycles. The summed E-state index contributed by atoms with van der Waals surface area (Å²) in [6, 6.07) is 5.13. The van der Waals surface area contributed by atoms with Crippen molar-refractivity contribution in [2.24, 2.45) is 0 Å². The second kappa shape index (κ2) is 3.85. The van der Waals surface area contributed by atoms with Gasteiger partial charge >= 0.3 is 22.4 Å². The van der Waals surface area contributed by atoms with Crippen molar-refractivity contribution in [3.63, 3.8) is 0 Å².